The van der Waals surface area contributed by atoms with Crippen molar-refractivity contribution in [3.05, 3.63) is 29.6 Å². The van der Waals surface area contributed by atoms with Crippen LogP contribution in [0.5, 0.6) is 0 Å². The average Bonchev–Trinajstić information content (AvgIpc) is 2.20. The highest BCUT2D eigenvalue weighted by Crippen LogP contribution is 2.49. The Balaban J connectivity index is 1.69. The summed E-state index contributed by atoms with van der Waals surface area (Å²) in [6.07, 6.45) is 4.14. The molecule has 19 heavy (non-hydrogen) atoms. The summed E-state index contributed by atoms with van der Waals surface area (Å²) in [5, 5.41) is 3.28. The second kappa shape index (κ2) is 4.28. The van der Waals surface area contributed by atoms with Crippen molar-refractivity contribution in [3.8, 4) is 0 Å². The Morgan fingerprint density at radius 2 is 2.05 bits per heavy atom. The molecule has 0 radical (unpaired) electrons. The molecule has 1 aromatic carbocycles. The summed E-state index contributed by atoms with van der Waals surface area (Å²) in [6.45, 7) is 2.19. The van der Waals surface area contributed by atoms with Crippen molar-refractivity contribution >= 4 is 9.84 Å². The summed E-state index contributed by atoms with van der Waals surface area (Å²) in [7, 11) is -3.32. The fourth-order valence-electron chi connectivity index (χ4n) is 3.31. The van der Waals surface area contributed by atoms with E-state index in [4.69, 9.17) is 0 Å². The fourth-order valence-corrected chi connectivity index (χ4v) is 3.94. The maximum atomic E-state index is 13.9. The molecule has 0 bridgehead atoms. The molecule has 104 valence electrons. The molecular formula is C14H18FNO2S. The second-order valence-corrected chi connectivity index (χ2v) is 8.12. The van der Waals surface area contributed by atoms with E-state index < -0.39 is 15.7 Å². The number of halogens is 1. The molecular weight excluding hydrogens is 265 g/mol. The van der Waals surface area contributed by atoms with Crippen LogP contribution in [0, 0.1) is 17.2 Å². The van der Waals surface area contributed by atoms with Crippen LogP contribution in [0.4, 0.5) is 4.39 Å². The second-order valence-electron chi connectivity index (χ2n) is 6.11. The topological polar surface area (TPSA) is 46.2 Å². The van der Waals surface area contributed by atoms with E-state index in [2.05, 4.69) is 5.32 Å². The lowest BCUT2D eigenvalue weighted by Gasteiger charge is -2.54. The normalized spacial score (nSPS) is 22.0. The van der Waals surface area contributed by atoms with Gasteiger partial charge in [0.15, 0.2) is 9.84 Å². The van der Waals surface area contributed by atoms with Gasteiger partial charge in [-0.3, -0.25) is 0 Å². The van der Waals surface area contributed by atoms with Gasteiger partial charge in [0.2, 0.25) is 0 Å². The van der Waals surface area contributed by atoms with Crippen LogP contribution >= 0.6 is 0 Å². The van der Waals surface area contributed by atoms with Crippen molar-refractivity contribution in [2.24, 2.45) is 11.3 Å². The molecule has 1 spiro atoms. The SMILES string of the molecule is CS(=O)(=O)c1ccc(CC2CC3(CNC3)C2)c(F)c1. The maximum Gasteiger partial charge on any atom is 0.175 e. The summed E-state index contributed by atoms with van der Waals surface area (Å²) in [6, 6.07) is 4.27. The van der Waals surface area contributed by atoms with Gasteiger partial charge >= 0.3 is 0 Å². The van der Waals surface area contributed by atoms with Crippen LogP contribution in [-0.4, -0.2) is 27.8 Å². The molecule has 1 N–H and O–H groups in total. The van der Waals surface area contributed by atoms with Gasteiger partial charge in [0.1, 0.15) is 5.82 Å². The molecule has 1 aliphatic heterocycles. The van der Waals surface area contributed by atoms with Gasteiger partial charge in [0.25, 0.3) is 0 Å². The molecule has 1 saturated heterocycles. The zero-order valence-corrected chi connectivity index (χ0v) is 11.8. The third kappa shape index (κ3) is 2.41. The largest absolute Gasteiger partial charge is 0.316 e. The van der Waals surface area contributed by atoms with E-state index >= 15 is 0 Å². The average molecular weight is 283 g/mol. The summed E-state index contributed by atoms with van der Waals surface area (Å²) in [4.78, 5) is 0.0574. The van der Waals surface area contributed by atoms with E-state index in [0.29, 0.717) is 16.9 Å². The number of hydrogen-bond donors (Lipinski definition) is 1. The molecule has 1 aromatic rings. The molecule has 1 heterocycles. The van der Waals surface area contributed by atoms with E-state index in [1.807, 2.05) is 0 Å². The number of nitrogens with one attached hydrogen (secondary N) is 1. The number of hydrogen-bond acceptors (Lipinski definition) is 3. The highest BCUT2D eigenvalue weighted by atomic mass is 32.2. The number of rotatable bonds is 3. The van der Waals surface area contributed by atoms with Gasteiger partial charge in [-0.15, -0.1) is 0 Å². The van der Waals surface area contributed by atoms with Gasteiger partial charge in [-0.2, -0.15) is 0 Å². The van der Waals surface area contributed by atoms with Crippen molar-refractivity contribution in [2.45, 2.75) is 24.2 Å². The Labute approximate surface area is 113 Å². The lowest BCUT2D eigenvalue weighted by Crippen LogP contribution is -2.60. The quantitative estimate of drug-likeness (QED) is 0.919. The zero-order valence-electron chi connectivity index (χ0n) is 10.9. The zero-order chi connectivity index (χ0) is 13.7. The first-order valence-electron chi connectivity index (χ1n) is 6.57. The first-order valence-corrected chi connectivity index (χ1v) is 8.46. The fraction of sp³-hybridized carbons (Fsp3) is 0.571. The third-order valence-corrected chi connectivity index (χ3v) is 5.51. The minimum Gasteiger partial charge on any atom is -0.316 e. The Kier molecular flexibility index (Phi) is 2.94. The molecule has 5 heteroatoms. The van der Waals surface area contributed by atoms with Crippen LogP contribution in [0.25, 0.3) is 0 Å². The molecule has 3 rings (SSSR count). The van der Waals surface area contributed by atoms with E-state index in [0.717, 1.165) is 44.7 Å². The Hall–Kier alpha value is -0.940. The number of sulfone groups is 1. The molecule has 2 aliphatic rings. The third-order valence-electron chi connectivity index (χ3n) is 4.40. The van der Waals surface area contributed by atoms with Crippen LogP contribution in [-0.2, 0) is 16.3 Å². The molecule has 0 atom stereocenters. The minimum absolute atomic E-state index is 0.0574. The minimum atomic E-state index is -3.32. The van der Waals surface area contributed by atoms with E-state index in [1.54, 1.807) is 6.07 Å². The smallest absolute Gasteiger partial charge is 0.175 e. The summed E-state index contributed by atoms with van der Waals surface area (Å²) < 4.78 is 36.6. The molecule has 0 unspecified atom stereocenters. The lowest BCUT2D eigenvalue weighted by atomic mass is 9.57. The van der Waals surface area contributed by atoms with Crippen molar-refractivity contribution < 1.29 is 12.8 Å². The van der Waals surface area contributed by atoms with Crippen molar-refractivity contribution in [2.75, 3.05) is 19.3 Å². The van der Waals surface area contributed by atoms with Crippen LogP contribution < -0.4 is 5.32 Å². The van der Waals surface area contributed by atoms with E-state index in [9.17, 15) is 12.8 Å². The van der Waals surface area contributed by atoms with Gasteiger partial charge in [-0.05, 0) is 48.3 Å². The van der Waals surface area contributed by atoms with Crippen LogP contribution in [0.3, 0.4) is 0 Å². The predicted octanol–water partition coefficient (Wildman–Crippen LogP) is 1.77. The van der Waals surface area contributed by atoms with Crippen molar-refractivity contribution in [1.29, 1.82) is 0 Å². The van der Waals surface area contributed by atoms with Crippen LogP contribution in [0.15, 0.2) is 23.1 Å². The van der Waals surface area contributed by atoms with Gasteiger partial charge in [0.05, 0.1) is 4.90 Å². The molecule has 2 fully saturated rings. The maximum absolute atomic E-state index is 13.9. The van der Waals surface area contributed by atoms with Crippen molar-refractivity contribution in [1.82, 2.24) is 5.32 Å². The lowest BCUT2D eigenvalue weighted by molar-refractivity contribution is 0.000555. The van der Waals surface area contributed by atoms with Gasteiger partial charge < -0.3 is 5.32 Å². The molecule has 1 saturated carbocycles. The Bertz CT molecular complexity index is 600. The van der Waals surface area contributed by atoms with Crippen LogP contribution in [0.1, 0.15) is 18.4 Å². The summed E-state index contributed by atoms with van der Waals surface area (Å²) >= 11 is 0. The Morgan fingerprint density at radius 3 is 2.53 bits per heavy atom. The predicted molar refractivity (Wildman–Crippen MR) is 71.2 cm³/mol. The molecule has 0 amide bonds. The molecule has 1 aliphatic carbocycles. The van der Waals surface area contributed by atoms with E-state index in [-0.39, 0.29) is 4.90 Å². The highest BCUT2D eigenvalue weighted by Gasteiger charge is 2.48. The van der Waals surface area contributed by atoms with Gasteiger partial charge in [-0.1, -0.05) is 6.07 Å². The molecule has 0 aromatic heterocycles. The standard InChI is InChI=1S/C14H18FNO2S/c1-19(17,18)12-3-2-11(13(15)5-12)4-10-6-14(7-10)8-16-9-14/h2-3,5,10,16H,4,6-9H2,1H3. The monoisotopic (exact) mass is 283 g/mol. The highest BCUT2D eigenvalue weighted by molar-refractivity contribution is 7.90. The summed E-state index contributed by atoms with van der Waals surface area (Å²) in [5.41, 5.74) is 1.13. The van der Waals surface area contributed by atoms with E-state index in [1.165, 1.54) is 6.07 Å². The van der Waals surface area contributed by atoms with Crippen LogP contribution in [0.2, 0.25) is 0 Å². The van der Waals surface area contributed by atoms with Crippen molar-refractivity contribution in [3.63, 3.8) is 0 Å². The number of benzene rings is 1. The first-order chi connectivity index (χ1) is 8.88. The molecule has 3 nitrogen and oxygen atoms in total. The van der Waals surface area contributed by atoms with Gasteiger partial charge in [-0.25, -0.2) is 12.8 Å². The summed E-state index contributed by atoms with van der Waals surface area (Å²) in [5.74, 6) is 0.149. The first kappa shape index (κ1) is 13.1. The van der Waals surface area contributed by atoms with Gasteiger partial charge in [0, 0.05) is 19.3 Å². The Morgan fingerprint density at radius 1 is 1.37 bits per heavy atom.